The number of halogens is 1. The van der Waals surface area contributed by atoms with Crippen LogP contribution < -0.4 is 0 Å². The van der Waals surface area contributed by atoms with Gasteiger partial charge in [-0.1, -0.05) is 28.1 Å². The van der Waals surface area contributed by atoms with Crippen LogP contribution in [-0.4, -0.2) is 21.8 Å². The van der Waals surface area contributed by atoms with E-state index >= 15 is 0 Å². The van der Waals surface area contributed by atoms with E-state index in [2.05, 4.69) is 45.1 Å². The van der Waals surface area contributed by atoms with Crippen LogP contribution >= 0.6 is 15.9 Å². The summed E-state index contributed by atoms with van der Waals surface area (Å²) < 4.78 is 1.14. The second-order valence-corrected chi connectivity index (χ2v) is 9.37. The molecular formula is C18H18BrNO. The summed E-state index contributed by atoms with van der Waals surface area (Å²) in [6, 6.07) is 9.39. The first-order valence-electron chi connectivity index (χ1n) is 8.45. The minimum atomic E-state index is -0.426. The Kier molecular flexibility index (Phi) is 1.60. The van der Waals surface area contributed by atoms with Crippen LogP contribution in [0.1, 0.15) is 12.0 Å². The SMILES string of the molecule is OC12C3C4CC5C6C4C1C6C(C53)N2Cc1ccc(Br)cc1. The van der Waals surface area contributed by atoms with Gasteiger partial charge in [-0.3, -0.25) is 4.90 Å². The Morgan fingerprint density at radius 1 is 1.05 bits per heavy atom. The molecule has 10 atom stereocenters. The van der Waals surface area contributed by atoms with Gasteiger partial charge in [-0.15, -0.1) is 0 Å². The Morgan fingerprint density at radius 3 is 2.67 bits per heavy atom. The van der Waals surface area contributed by atoms with Crippen molar-refractivity contribution in [2.75, 3.05) is 0 Å². The van der Waals surface area contributed by atoms with Crippen LogP contribution in [0.4, 0.5) is 0 Å². The van der Waals surface area contributed by atoms with E-state index in [0.717, 1.165) is 46.5 Å². The van der Waals surface area contributed by atoms with Crippen molar-refractivity contribution in [1.82, 2.24) is 4.90 Å². The fourth-order valence-corrected chi connectivity index (χ4v) is 8.82. The van der Waals surface area contributed by atoms with Crippen LogP contribution in [0.3, 0.4) is 0 Å². The zero-order valence-corrected chi connectivity index (χ0v) is 13.3. The monoisotopic (exact) mass is 343 g/mol. The van der Waals surface area contributed by atoms with Crippen molar-refractivity contribution < 1.29 is 5.11 Å². The van der Waals surface area contributed by atoms with Gasteiger partial charge < -0.3 is 5.11 Å². The highest BCUT2D eigenvalue weighted by Crippen LogP contribution is 2.90. The van der Waals surface area contributed by atoms with E-state index < -0.39 is 5.72 Å². The zero-order valence-electron chi connectivity index (χ0n) is 11.7. The topological polar surface area (TPSA) is 23.5 Å². The molecule has 1 aromatic carbocycles. The third kappa shape index (κ3) is 0.871. The van der Waals surface area contributed by atoms with Crippen LogP contribution in [0.25, 0.3) is 0 Å². The summed E-state index contributed by atoms with van der Waals surface area (Å²) >= 11 is 3.52. The highest BCUT2D eigenvalue weighted by molar-refractivity contribution is 9.10. The van der Waals surface area contributed by atoms with Crippen molar-refractivity contribution in [3.8, 4) is 0 Å². The lowest BCUT2D eigenvalue weighted by molar-refractivity contribution is -0.134. The highest BCUT2D eigenvalue weighted by atomic mass is 79.9. The molecule has 2 aliphatic heterocycles. The first kappa shape index (κ1) is 11.2. The van der Waals surface area contributed by atoms with Crippen LogP contribution in [0.2, 0.25) is 0 Å². The lowest BCUT2D eigenvalue weighted by atomic mass is 9.59. The summed E-state index contributed by atoms with van der Waals surface area (Å²) in [6.45, 7) is 0.952. The first-order valence-corrected chi connectivity index (χ1v) is 9.24. The summed E-state index contributed by atoms with van der Waals surface area (Å²) in [5.74, 6) is 6.77. The molecule has 0 aromatic heterocycles. The number of hydrogen-bond donors (Lipinski definition) is 1. The number of rotatable bonds is 2. The predicted octanol–water partition coefficient (Wildman–Crippen LogP) is 2.71. The first-order chi connectivity index (χ1) is 10.2. The maximum absolute atomic E-state index is 11.6. The Balaban J connectivity index is 1.35. The molecule has 0 radical (unpaired) electrons. The maximum Gasteiger partial charge on any atom is 0.125 e. The molecule has 10 unspecified atom stereocenters. The molecule has 8 rings (SSSR count). The van der Waals surface area contributed by atoms with Crippen LogP contribution in [0.15, 0.2) is 28.7 Å². The second-order valence-electron chi connectivity index (χ2n) is 8.45. The Morgan fingerprint density at radius 2 is 1.86 bits per heavy atom. The molecule has 0 spiro atoms. The van der Waals surface area contributed by atoms with Crippen molar-refractivity contribution in [1.29, 1.82) is 0 Å². The molecular weight excluding hydrogens is 326 g/mol. The van der Waals surface area contributed by atoms with Crippen molar-refractivity contribution >= 4 is 15.9 Å². The van der Waals surface area contributed by atoms with Crippen LogP contribution in [0, 0.1) is 47.3 Å². The summed E-state index contributed by atoms with van der Waals surface area (Å²) in [5, 5.41) is 11.6. The van der Waals surface area contributed by atoms with E-state index in [9.17, 15) is 5.11 Å². The molecule has 2 heterocycles. The van der Waals surface area contributed by atoms with Crippen molar-refractivity contribution in [3.05, 3.63) is 34.3 Å². The second kappa shape index (κ2) is 3.00. The fraction of sp³-hybridized carbons (Fsp3) is 0.667. The highest BCUT2D eigenvalue weighted by Gasteiger charge is 2.93. The smallest absolute Gasteiger partial charge is 0.125 e. The predicted molar refractivity (Wildman–Crippen MR) is 81.0 cm³/mol. The van der Waals surface area contributed by atoms with Gasteiger partial charge in [-0.25, -0.2) is 0 Å². The van der Waals surface area contributed by atoms with Crippen LogP contribution in [0.5, 0.6) is 0 Å². The summed E-state index contributed by atoms with van der Waals surface area (Å²) in [7, 11) is 0. The molecule has 1 aromatic rings. The van der Waals surface area contributed by atoms with Gasteiger partial charge in [0.15, 0.2) is 0 Å². The zero-order chi connectivity index (χ0) is 13.7. The number of hydrogen-bond acceptors (Lipinski definition) is 2. The summed E-state index contributed by atoms with van der Waals surface area (Å²) in [6.07, 6.45) is 1.46. The minimum Gasteiger partial charge on any atom is -0.375 e. The average molecular weight is 344 g/mol. The van der Waals surface area contributed by atoms with Gasteiger partial charge in [0.2, 0.25) is 0 Å². The van der Waals surface area contributed by atoms with Crippen molar-refractivity contribution in [2.24, 2.45) is 47.3 Å². The molecule has 5 saturated carbocycles. The van der Waals surface area contributed by atoms with Crippen LogP contribution in [-0.2, 0) is 6.54 Å². The lowest BCUT2D eigenvalue weighted by Gasteiger charge is -2.45. The lowest BCUT2D eigenvalue weighted by Crippen LogP contribution is -2.50. The summed E-state index contributed by atoms with van der Waals surface area (Å²) in [5.41, 5.74) is 0.928. The fourth-order valence-electron chi connectivity index (χ4n) is 8.55. The Bertz CT molecular complexity index is 689. The Hall–Kier alpha value is -0.380. The molecule has 2 saturated heterocycles. The number of aliphatic hydroxyl groups is 1. The van der Waals surface area contributed by atoms with Gasteiger partial charge in [0.1, 0.15) is 5.72 Å². The van der Waals surface area contributed by atoms with E-state index in [1.54, 1.807) is 0 Å². The van der Waals surface area contributed by atoms with E-state index in [1.807, 2.05) is 0 Å². The van der Waals surface area contributed by atoms with Gasteiger partial charge in [-0.2, -0.15) is 0 Å². The quantitative estimate of drug-likeness (QED) is 0.892. The summed E-state index contributed by atoms with van der Waals surface area (Å²) in [4.78, 5) is 2.55. The Labute approximate surface area is 132 Å². The van der Waals surface area contributed by atoms with Gasteiger partial charge in [0.25, 0.3) is 0 Å². The molecule has 3 heteroatoms. The van der Waals surface area contributed by atoms with E-state index in [-0.39, 0.29) is 0 Å². The van der Waals surface area contributed by atoms with E-state index in [0.29, 0.717) is 17.9 Å². The molecule has 7 fully saturated rings. The molecule has 1 N–H and O–H groups in total. The largest absolute Gasteiger partial charge is 0.375 e. The molecule has 2 nitrogen and oxygen atoms in total. The van der Waals surface area contributed by atoms with Gasteiger partial charge in [0.05, 0.1) is 0 Å². The van der Waals surface area contributed by atoms with Crippen molar-refractivity contribution in [3.63, 3.8) is 0 Å². The van der Waals surface area contributed by atoms with Gasteiger partial charge >= 0.3 is 0 Å². The third-order valence-corrected chi connectivity index (χ3v) is 9.01. The molecule has 4 bridgehead atoms. The molecule has 0 amide bonds. The standard InChI is InChI=1S/C18H18BrNO/c19-8-3-1-7(2-4-8)6-20-17-13-9-5-10-12-11(9)14(17)16(12)18(20,21)15(10)13/h1-4,9-17,21H,5-6H2. The van der Waals surface area contributed by atoms with E-state index in [4.69, 9.17) is 0 Å². The normalized spacial score (nSPS) is 63.2. The molecule has 7 aliphatic rings. The minimum absolute atomic E-state index is 0.426. The molecule has 21 heavy (non-hydrogen) atoms. The average Bonchev–Trinajstić information content (AvgIpc) is 3.07. The van der Waals surface area contributed by atoms with Gasteiger partial charge in [-0.05, 0) is 59.6 Å². The maximum atomic E-state index is 11.6. The molecule has 108 valence electrons. The van der Waals surface area contributed by atoms with Gasteiger partial charge in [0, 0.05) is 28.9 Å². The van der Waals surface area contributed by atoms with E-state index in [1.165, 1.54) is 12.0 Å². The van der Waals surface area contributed by atoms with Crippen molar-refractivity contribution in [2.45, 2.75) is 24.7 Å². The number of benzene rings is 1. The third-order valence-electron chi connectivity index (χ3n) is 8.48. The number of nitrogens with zero attached hydrogens (tertiary/aromatic N) is 1. The molecule has 5 aliphatic carbocycles.